The van der Waals surface area contributed by atoms with Gasteiger partial charge in [-0.1, -0.05) is 12.1 Å². The fourth-order valence-corrected chi connectivity index (χ4v) is 3.62. The Morgan fingerprint density at radius 3 is 2.88 bits per heavy atom. The fourth-order valence-electron chi connectivity index (χ4n) is 3.62. The standard InChI is InChI=1S/C18H21N3O3/c1-23-18-14(19-12-4-2-3-5-13(12)21-18)6-7-17(22)20-15-10-16-11(15)8-9-24-16/h2-5,11,15-16H,6-10H2,1H3,(H,20,22)/t11-,15-,16+/m1/s1. The maximum Gasteiger partial charge on any atom is 0.235 e. The summed E-state index contributed by atoms with van der Waals surface area (Å²) in [6.45, 7) is 0.825. The van der Waals surface area contributed by atoms with E-state index in [1.165, 1.54) is 0 Å². The second-order valence-electron chi connectivity index (χ2n) is 6.44. The lowest BCUT2D eigenvalue weighted by Gasteiger charge is -2.39. The number of carbonyl (C=O) groups is 1. The summed E-state index contributed by atoms with van der Waals surface area (Å²) in [6, 6.07) is 7.94. The molecule has 1 aromatic heterocycles. The monoisotopic (exact) mass is 327 g/mol. The van der Waals surface area contributed by atoms with Gasteiger partial charge in [0.05, 0.1) is 24.2 Å². The minimum atomic E-state index is 0.0577. The predicted molar refractivity (Wildman–Crippen MR) is 88.8 cm³/mol. The van der Waals surface area contributed by atoms with Crippen LogP contribution in [-0.4, -0.2) is 41.7 Å². The van der Waals surface area contributed by atoms with Crippen LogP contribution >= 0.6 is 0 Å². The average molecular weight is 327 g/mol. The number of hydrogen-bond donors (Lipinski definition) is 1. The molecule has 1 saturated carbocycles. The van der Waals surface area contributed by atoms with Crippen molar-refractivity contribution in [2.45, 2.75) is 37.8 Å². The van der Waals surface area contributed by atoms with E-state index in [1.807, 2.05) is 24.3 Å². The van der Waals surface area contributed by atoms with Crippen LogP contribution in [0.1, 0.15) is 25.0 Å². The number of benzene rings is 1. The second kappa shape index (κ2) is 6.36. The Balaban J connectivity index is 1.39. The minimum absolute atomic E-state index is 0.0577. The largest absolute Gasteiger partial charge is 0.480 e. The lowest BCUT2D eigenvalue weighted by atomic mass is 9.76. The third-order valence-corrected chi connectivity index (χ3v) is 5.00. The third kappa shape index (κ3) is 2.82. The van der Waals surface area contributed by atoms with Crippen LogP contribution in [0.4, 0.5) is 0 Å². The van der Waals surface area contributed by atoms with E-state index >= 15 is 0 Å². The Labute approximate surface area is 140 Å². The molecule has 1 aliphatic heterocycles. The van der Waals surface area contributed by atoms with Crippen molar-refractivity contribution in [1.82, 2.24) is 15.3 Å². The number of nitrogens with one attached hydrogen (secondary N) is 1. The Kier molecular flexibility index (Phi) is 4.06. The van der Waals surface area contributed by atoms with Gasteiger partial charge in [0.15, 0.2) is 0 Å². The summed E-state index contributed by atoms with van der Waals surface area (Å²) in [5, 5.41) is 3.12. The van der Waals surface area contributed by atoms with Crippen molar-refractivity contribution in [3.05, 3.63) is 30.0 Å². The highest BCUT2D eigenvalue weighted by molar-refractivity contribution is 5.77. The molecule has 4 rings (SSSR count). The van der Waals surface area contributed by atoms with Crippen LogP contribution in [-0.2, 0) is 16.0 Å². The first-order valence-corrected chi connectivity index (χ1v) is 8.45. The first kappa shape index (κ1) is 15.3. The van der Waals surface area contributed by atoms with E-state index in [0.717, 1.165) is 36.2 Å². The van der Waals surface area contributed by atoms with Crippen molar-refractivity contribution < 1.29 is 14.3 Å². The van der Waals surface area contributed by atoms with Gasteiger partial charge < -0.3 is 14.8 Å². The summed E-state index contributed by atoms with van der Waals surface area (Å²) in [5.41, 5.74) is 2.34. The zero-order valence-corrected chi connectivity index (χ0v) is 13.7. The van der Waals surface area contributed by atoms with E-state index in [-0.39, 0.29) is 11.9 Å². The molecule has 24 heavy (non-hydrogen) atoms. The second-order valence-corrected chi connectivity index (χ2v) is 6.44. The average Bonchev–Trinajstić information content (AvgIpc) is 2.98. The first-order chi connectivity index (χ1) is 11.7. The molecule has 3 atom stereocenters. The van der Waals surface area contributed by atoms with Gasteiger partial charge in [-0.15, -0.1) is 0 Å². The summed E-state index contributed by atoms with van der Waals surface area (Å²) in [7, 11) is 1.58. The molecule has 1 amide bonds. The molecule has 2 heterocycles. The molecule has 0 spiro atoms. The van der Waals surface area contributed by atoms with Gasteiger partial charge in [0.25, 0.3) is 0 Å². The Morgan fingerprint density at radius 1 is 1.33 bits per heavy atom. The minimum Gasteiger partial charge on any atom is -0.480 e. The maximum absolute atomic E-state index is 12.2. The number of amides is 1. The van der Waals surface area contributed by atoms with Gasteiger partial charge in [0, 0.05) is 31.4 Å². The number of methoxy groups -OCH3 is 1. The molecule has 1 saturated heterocycles. The number of nitrogens with zero attached hydrogens (tertiary/aromatic N) is 2. The summed E-state index contributed by atoms with van der Waals surface area (Å²) >= 11 is 0. The molecule has 2 aliphatic rings. The van der Waals surface area contributed by atoms with Gasteiger partial charge in [-0.2, -0.15) is 0 Å². The molecule has 1 N–H and O–H groups in total. The highest BCUT2D eigenvalue weighted by Gasteiger charge is 2.45. The van der Waals surface area contributed by atoms with Gasteiger partial charge in [0.2, 0.25) is 11.8 Å². The Bertz CT molecular complexity index is 764. The number of ether oxygens (including phenoxy) is 2. The van der Waals surface area contributed by atoms with E-state index < -0.39 is 0 Å². The number of fused-ring (bicyclic) bond motifs is 2. The smallest absolute Gasteiger partial charge is 0.235 e. The molecule has 1 aliphatic carbocycles. The van der Waals surface area contributed by atoms with Crippen LogP contribution in [0.15, 0.2) is 24.3 Å². The highest BCUT2D eigenvalue weighted by Crippen LogP contribution is 2.38. The third-order valence-electron chi connectivity index (χ3n) is 5.00. The van der Waals surface area contributed by atoms with Crippen molar-refractivity contribution in [2.75, 3.05) is 13.7 Å². The van der Waals surface area contributed by atoms with Gasteiger partial charge >= 0.3 is 0 Å². The lowest BCUT2D eigenvalue weighted by Crippen LogP contribution is -2.53. The van der Waals surface area contributed by atoms with Crippen LogP contribution in [0.5, 0.6) is 5.88 Å². The maximum atomic E-state index is 12.2. The Hall–Kier alpha value is -2.21. The summed E-state index contributed by atoms with van der Waals surface area (Å²) in [4.78, 5) is 21.3. The molecular weight excluding hydrogens is 306 g/mol. The van der Waals surface area contributed by atoms with E-state index in [9.17, 15) is 4.79 Å². The van der Waals surface area contributed by atoms with Crippen molar-refractivity contribution in [2.24, 2.45) is 5.92 Å². The molecule has 2 fully saturated rings. The predicted octanol–water partition coefficient (Wildman–Crippen LogP) is 1.86. The number of aromatic nitrogens is 2. The molecule has 126 valence electrons. The molecular formula is C18H21N3O3. The van der Waals surface area contributed by atoms with Crippen LogP contribution in [0.2, 0.25) is 0 Å². The molecule has 0 radical (unpaired) electrons. The molecule has 0 bridgehead atoms. The van der Waals surface area contributed by atoms with Gasteiger partial charge in [-0.3, -0.25) is 4.79 Å². The SMILES string of the molecule is COc1nc2ccccc2nc1CCC(=O)N[C@@H]1C[C@@H]2OCC[C@@H]21. The molecule has 6 nitrogen and oxygen atoms in total. The fraction of sp³-hybridized carbons (Fsp3) is 0.500. The summed E-state index contributed by atoms with van der Waals surface area (Å²) in [5.74, 6) is 1.06. The van der Waals surface area contributed by atoms with Crippen molar-refractivity contribution in [1.29, 1.82) is 0 Å². The molecule has 2 aromatic rings. The lowest BCUT2D eigenvalue weighted by molar-refractivity contribution is -0.124. The highest BCUT2D eigenvalue weighted by atomic mass is 16.5. The Morgan fingerprint density at radius 2 is 2.12 bits per heavy atom. The van der Waals surface area contributed by atoms with E-state index in [2.05, 4.69) is 15.3 Å². The van der Waals surface area contributed by atoms with E-state index in [0.29, 0.717) is 30.7 Å². The number of rotatable bonds is 5. The topological polar surface area (TPSA) is 73.3 Å². The summed E-state index contributed by atoms with van der Waals surface area (Å²) in [6.07, 6.45) is 3.26. The van der Waals surface area contributed by atoms with E-state index in [1.54, 1.807) is 7.11 Å². The molecule has 6 heteroatoms. The van der Waals surface area contributed by atoms with Crippen molar-refractivity contribution >= 4 is 16.9 Å². The number of para-hydroxylation sites is 2. The zero-order chi connectivity index (χ0) is 16.5. The normalized spacial score (nSPS) is 25.1. The number of carbonyl (C=O) groups excluding carboxylic acids is 1. The van der Waals surface area contributed by atoms with Crippen molar-refractivity contribution in [3.63, 3.8) is 0 Å². The van der Waals surface area contributed by atoms with E-state index in [4.69, 9.17) is 9.47 Å². The number of aryl methyl sites for hydroxylation is 1. The van der Waals surface area contributed by atoms with Crippen LogP contribution in [0.3, 0.4) is 0 Å². The van der Waals surface area contributed by atoms with Gasteiger partial charge in [-0.25, -0.2) is 9.97 Å². The van der Waals surface area contributed by atoms with Crippen LogP contribution in [0, 0.1) is 5.92 Å². The van der Waals surface area contributed by atoms with Crippen molar-refractivity contribution in [3.8, 4) is 5.88 Å². The van der Waals surface area contributed by atoms with Gasteiger partial charge in [-0.05, 0) is 25.0 Å². The first-order valence-electron chi connectivity index (χ1n) is 8.45. The zero-order valence-electron chi connectivity index (χ0n) is 13.7. The van der Waals surface area contributed by atoms with Crippen LogP contribution < -0.4 is 10.1 Å². The summed E-state index contributed by atoms with van der Waals surface area (Å²) < 4.78 is 10.9. The van der Waals surface area contributed by atoms with Crippen LogP contribution in [0.25, 0.3) is 11.0 Å². The molecule has 0 unspecified atom stereocenters. The quantitative estimate of drug-likeness (QED) is 0.907. The molecule has 1 aromatic carbocycles. The number of hydrogen-bond acceptors (Lipinski definition) is 5. The van der Waals surface area contributed by atoms with Gasteiger partial charge in [0.1, 0.15) is 5.69 Å².